The number of fused-ring (bicyclic) bond motifs is 2. The quantitative estimate of drug-likeness (QED) is 0.0227. The Morgan fingerprint density at radius 1 is 0.418 bits per heavy atom. The minimum absolute atomic E-state index is 1.18. The van der Waals surface area contributed by atoms with Gasteiger partial charge in [-0.15, -0.1) is 0 Å². The van der Waals surface area contributed by atoms with Crippen molar-refractivity contribution >= 4 is 53.5 Å². The number of para-hydroxylation sites is 2. The van der Waals surface area contributed by atoms with Gasteiger partial charge in [0.1, 0.15) is 22.5 Å². The highest BCUT2D eigenvalue weighted by Gasteiger charge is 2.11. The SMILES string of the molecule is CCCCCCCCCCCCCCCC[n+]1csc2ccccc21.CCCCCCCCCCCCCCCC[n+]1csc2ccccc21.O=S(=O)([O-])[O-]. The summed E-state index contributed by atoms with van der Waals surface area (Å²) in [7, 11) is -5.17. The third-order valence-electron chi connectivity index (χ3n) is 10.5. The average Bonchev–Trinajstić information content (AvgIpc) is 3.79. The van der Waals surface area contributed by atoms with Gasteiger partial charge in [0.25, 0.3) is 0 Å². The van der Waals surface area contributed by atoms with Crippen molar-refractivity contribution in [3.63, 3.8) is 0 Å². The van der Waals surface area contributed by atoms with E-state index in [-0.39, 0.29) is 0 Å². The molecule has 0 radical (unpaired) electrons. The van der Waals surface area contributed by atoms with Crippen LogP contribution in [0.2, 0.25) is 0 Å². The zero-order valence-electron chi connectivity index (χ0n) is 34.7. The second-order valence-corrected chi connectivity index (χ2v) is 18.0. The van der Waals surface area contributed by atoms with Gasteiger partial charge in [0, 0.05) is 35.4 Å². The minimum atomic E-state index is -5.17. The number of hydrogen-bond acceptors (Lipinski definition) is 6. The Balaban J connectivity index is 0.000000338. The van der Waals surface area contributed by atoms with Crippen LogP contribution in [0.3, 0.4) is 0 Å². The summed E-state index contributed by atoms with van der Waals surface area (Å²) in [4.78, 5) is 0. The number of thiazole rings is 2. The summed E-state index contributed by atoms with van der Waals surface area (Å²) in [6, 6.07) is 17.5. The lowest BCUT2D eigenvalue weighted by atomic mass is 10.0. The van der Waals surface area contributed by atoms with Crippen molar-refractivity contribution in [1.82, 2.24) is 0 Å². The van der Waals surface area contributed by atoms with Crippen LogP contribution in [0.4, 0.5) is 0 Å². The summed E-state index contributed by atoms with van der Waals surface area (Å²) < 4.78 is 41.8. The van der Waals surface area contributed by atoms with E-state index in [1.54, 1.807) is 0 Å². The Morgan fingerprint density at radius 2 is 0.655 bits per heavy atom. The van der Waals surface area contributed by atoms with Crippen molar-refractivity contribution in [2.45, 2.75) is 207 Å². The Labute approximate surface area is 344 Å². The van der Waals surface area contributed by atoms with Crippen LogP contribution in [-0.4, -0.2) is 17.5 Å². The molecule has 0 spiro atoms. The van der Waals surface area contributed by atoms with Gasteiger partial charge in [-0.2, -0.15) is 9.13 Å². The van der Waals surface area contributed by atoms with E-state index in [1.165, 1.54) is 213 Å². The Morgan fingerprint density at radius 3 is 0.927 bits per heavy atom. The standard InChI is InChI=1S/2C23H38NS.H2O4S/c2*1-2-3-4-5-6-7-8-9-10-11-12-13-14-17-20-24-21-25-23-19-16-15-18-22(23)24;1-5(2,3)4/h2*15-16,18-19,21H,2-14,17,20H2,1H3;(H2,1,2,3,4)/q2*+1;/p-2. The van der Waals surface area contributed by atoms with Gasteiger partial charge in [0.15, 0.2) is 0 Å². The number of aromatic nitrogens is 2. The van der Waals surface area contributed by atoms with Gasteiger partial charge >= 0.3 is 0 Å². The number of aryl methyl sites for hydroxylation is 2. The van der Waals surface area contributed by atoms with E-state index >= 15 is 0 Å². The largest absolute Gasteiger partial charge is 0.759 e. The molecule has 0 aliphatic heterocycles. The summed E-state index contributed by atoms with van der Waals surface area (Å²) >= 11 is 3.73. The van der Waals surface area contributed by atoms with Crippen LogP contribution in [0.5, 0.6) is 0 Å². The second kappa shape index (κ2) is 33.1. The Hall–Kier alpha value is -1.91. The van der Waals surface area contributed by atoms with Crippen LogP contribution in [-0.2, 0) is 23.5 Å². The van der Waals surface area contributed by atoms with E-state index in [2.05, 4.69) is 82.5 Å². The first-order chi connectivity index (χ1) is 26.8. The molecule has 312 valence electrons. The topological polar surface area (TPSA) is 88.0 Å². The Bertz CT molecular complexity index is 1460. The first-order valence-electron chi connectivity index (χ1n) is 22.2. The number of rotatable bonds is 30. The maximum Gasteiger partial charge on any atom is 0.225 e. The smallest absolute Gasteiger partial charge is 0.225 e. The molecular formula is C46H76N2O4S3. The lowest BCUT2D eigenvalue weighted by Crippen LogP contribution is -2.31. The van der Waals surface area contributed by atoms with E-state index in [1.807, 2.05) is 22.7 Å². The number of unbranched alkanes of at least 4 members (excludes halogenated alkanes) is 26. The molecule has 0 fully saturated rings. The fourth-order valence-electron chi connectivity index (χ4n) is 7.24. The molecule has 2 heterocycles. The zero-order chi connectivity index (χ0) is 39.7. The molecule has 9 heteroatoms. The van der Waals surface area contributed by atoms with Gasteiger partial charge in [0.05, 0.1) is 0 Å². The van der Waals surface area contributed by atoms with Crippen molar-refractivity contribution in [3.8, 4) is 0 Å². The molecule has 6 nitrogen and oxygen atoms in total. The van der Waals surface area contributed by atoms with Crippen LogP contribution >= 0.6 is 22.7 Å². The predicted octanol–water partition coefficient (Wildman–Crippen LogP) is 14.0. The summed E-state index contributed by atoms with van der Waals surface area (Å²) in [5.41, 5.74) is 7.38. The van der Waals surface area contributed by atoms with Crippen LogP contribution in [0, 0.1) is 0 Å². The van der Waals surface area contributed by atoms with E-state index in [0.29, 0.717) is 0 Å². The molecule has 0 bridgehead atoms. The van der Waals surface area contributed by atoms with E-state index in [0.717, 1.165) is 0 Å². The molecular weight excluding hydrogens is 741 g/mol. The van der Waals surface area contributed by atoms with Crippen LogP contribution < -0.4 is 9.13 Å². The molecule has 0 unspecified atom stereocenters. The highest BCUT2D eigenvalue weighted by molar-refractivity contribution is 7.79. The molecule has 55 heavy (non-hydrogen) atoms. The zero-order valence-corrected chi connectivity index (χ0v) is 37.2. The molecule has 0 aliphatic carbocycles. The van der Waals surface area contributed by atoms with Crippen LogP contribution in [0.15, 0.2) is 59.6 Å². The summed E-state index contributed by atoms with van der Waals surface area (Å²) in [6.45, 7) is 6.95. The van der Waals surface area contributed by atoms with Gasteiger partial charge in [0.2, 0.25) is 22.1 Å². The van der Waals surface area contributed by atoms with Crippen molar-refractivity contribution in [3.05, 3.63) is 59.6 Å². The lowest BCUT2D eigenvalue weighted by Gasteiger charge is -2.06. The maximum atomic E-state index is 8.52. The van der Waals surface area contributed by atoms with Crippen molar-refractivity contribution < 1.29 is 26.7 Å². The maximum absolute atomic E-state index is 8.52. The average molecular weight is 817 g/mol. The lowest BCUT2D eigenvalue weighted by molar-refractivity contribution is -0.667. The van der Waals surface area contributed by atoms with Gasteiger partial charge in [-0.3, -0.25) is 8.42 Å². The predicted molar refractivity (Wildman–Crippen MR) is 235 cm³/mol. The monoisotopic (exact) mass is 816 g/mol. The first kappa shape index (κ1) is 49.2. The van der Waals surface area contributed by atoms with Gasteiger partial charge in [-0.1, -0.05) is 215 Å². The highest BCUT2D eigenvalue weighted by atomic mass is 32.3. The fraction of sp³-hybridized carbons (Fsp3) is 0.696. The van der Waals surface area contributed by atoms with Crippen LogP contribution in [0.1, 0.15) is 194 Å². The van der Waals surface area contributed by atoms with Crippen molar-refractivity contribution in [1.29, 1.82) is 0 Å². The second-order valence-electron chi connectivity index (χ2n) is 15.4. The summed E-state index contributed by atoms with van der Waals surface area (Å²) in [5.74, 6) is 0. The molecule has 0 saturated carbocycles. The molecule has 0 saturated heterocycles. The normalized spacial score (nSPS) is 11.4. The van der Waals surface area contributed by atoms with Crippen LogP contribution in [0.25, 0.3) is 20.4 Å². The van der Waals surface area contributed by atoms with Gasteiger partial charge < -0.3 is 9.11 Å². The molecule has 4 rings (SSSR count). The van der Waals surface area contributed by atoms with E-state index in [4.69, 9.17) is 17.5 Å². The van der Waals surface area contributed by atoms with Gasteiger partial charge in [-0.05, 0) is 25.0 Å². The fourth-order valence-corrected chi connectivity index (χ4v) is 9.09. The summed E-state index contributed by atoms with van der Waals surface area (Å²) in [5, 5.41) is 0. The number of benzene rings is 2. The van der Waals surface area contributed by atoms with E-state index < -0.39 is 10.4 Å². The highest BCUT2D eigenvalue weighted by Crippen LogP contribution is 2.18. The number of nitrogens with zero attached hydrogens (tertiary/aromatic N) is 2. The Kier molecular flexibility index (Phi) is 29.6. The molecule has 0 atom stereocenters. The molecule has 0 aliphatic rings. The van der Waals surface area contributed by atoms with Gasteiger partial charge in [-0.25, -0.2) is 0 Å². The molecule has 2 aromatic carbocycles. The first-order valence-corrected chi connectivity index (χ1v) is 25.3. The molecule has 2 aromatic heterocycles. The van der Waals surface area contributed by atoms with Crippen molar-refractivity contribution in [2.75, 3.05) is 0 Å². The van der Waals surface area contributed by atoms with E-state index in [9.17, 15) is 0 Å². The number of hydrogen-bond donors (Lipinski definition) is 0. The summed E-state index contributed by atoms with van der Waals surface area (Å²) in [6.07, 6.45) is 40.1. The third kappa shape index (κ3) is 26.6. The molecule has 4 aromatic rings. The molecule has 0 N–H and O–H groups in total. The third-order valence-corrected chi connectivity index (χ3v) is 12.4. The minimum Gasteiger partial charge on any atom is -0.759 e. The van der Waals surface area contributed by atoms with Crippen molar-refractivity contribution in [2.24, 2.45) is 0 Å². The molecule has 0 amide bonds.